The first-order valence-corrected chi connectivity index (χ1v) is 12.8. The van der Waals surface area contributed by atoms with Crippen molar-refractivity contribution in [2.45, 2.75) is 105 Å². The highest BCUT2D eigenvalue weighted by atomic mass is 16.1. The first kappa shape index (κ1) is 19.6. The third-order valence-corrected chi connectivity index (χ3v) is 11.6. The Balaban J connectivity index is 1.32. The van der Waals surface area contributed by atoms with Gasteiger partial charge >= 0.3 is 0 Å². The van der Waals surface area contributed by atoms with Gasteiger partial charge in [0.1, 0.15) is 5.78 Å². The van der Waals surface area contributed by atoms with Gasteiger partial charge in [0.15, 0.2) is 0 Å². The van der Waals surface area contributed by atoms with Gasteiger partial charge in [-0.1, -0.05) is 53.9 Å². The zero-order valence-corrected chi connectivity index (χ0v) is 19.2. The van der Waals surface area contributed by atoms with Crippen LogP contribution in [0.15, 0.2) is 0 Å². The predicted octanol–water partition coefficient (Wildman–Crippen LogP) is 7.29. The zero-order chi connectivity index (χ0) is 19.9. The second kappa shape index (κ2) is 6.34. The van der Waals surface area contributed by atoms with E-state index in [0.717, 1.165) is 41.9 Å². The molecule has 5 fully saturated rings. The van der Waals surface area contributed by atoms with E-state index in [1.165, 1.54) is 64.2 Å². The summed E-state index contributed by atoms with van der Waals surface area (Å²) in [7, 11) is 0. The fraction of sp³-hybridized carbons (Fsp3) is 0.963. The van der Waals surface area contributed by atoms with Crippen LogP contribution in [0.25, 0.3) is 0 Å². The molecule has 0 N–H and O–H groups in total. The van der Waals surface area contributed by atoms with E-state index in [9.17, 15) is 4.79 Å². The highest BCUT2D eigenvalue weighted by Crippen LogP contribution is 2.85. The summed E-state index contributed by atoms with van der Waals surface area (Å²) < 4.78 is 0. The molecule has 1 nitrogen and oxygen atoms in total. The number of hydrogen-bond acceptors (Lipinski definition) is 1. The molecule has 0 aromatic heterocycles. The second-order valence-corrected chi connectivity index (χ2v) is 12.8. The van der Waals surface area contributed by atoms with Crippen LogP contribution in [-0.4, -0.2) is 5.78 Å². The Hall–Kier alpha value is -0.330. The number of carbonyl (C=O) groups is 1. The molecule has 28 heavy (non-hydrogen) atoms. The van der Waals surface area contributed by atoms with Gasteiger partial charge in [-0.2, -0.15) is 0 Å². The summed E-state index contributed by atoms with van der Waals surface area (Å²) in [6.45, 7) is 12.6. The molecule has 5 aliphatic rings. The first-order chi connectivity index (χ1) is 13.3. The first-order valence-electron chi connectivity index (χ1n) is 12.8. The number of Topliss-reactive ketones (excluding diaryl/α,β-unsaturated/α-hetero) is 1. The summed E-state index contributed by atoms with van der Waals surface area (Å²) in [5.74, 6) is 6.56. The number of ketones is 1. The smallest absolute Gasteiger partial charge is 0.137 e. The van der Waals surface area contributed by atoms with Crippen molar-refractivity contribution in [3.8, 4) is 0 Å². The molecule has 0 unspecified atom stereocenters. The van der Waals surface area contributed by atoms with Crippen molar-refractivity contribution in [2.24, 2.45) is 57.7 Å². The minimum atomic E-state index is 0.396. The van der Waals surface area contributed by atoms with Crippen molar-refractivity contribution < 1.29 is 4.79 Å². The van der Waals surface area contributed by atoms with E-state index in [0.29, 0.717) is 27.9 Å². The van der Waals surface area contributed by atoms with Crippen LogP contribution >= 0.6 is 0 Å². The quantitative estimate of drug-likeness (QED) is 0.486. The van der Waals surface area contributed by atoms with Crippen molar-refractivity contribution in [3.05, 3.63) is 0 Å². The Labute approximate surface area is 173 Å². The van der Waals surface area contributed by atoms with Crippen molar-refractivity contribution >= 4 is 5.78 Å². The number of fused-ring (bicyclic) bond motifs is 5. The molecule has 0 heterocycles. The molecule has 1 heteroatoms. The molecule has 158 valence electrons. The second-order valence-electron chi connectivity index (χ2n) is 12.8. The SMILES string of the molecule is CC(C)CCC[C@@H](C)[C@H]1CC[C@@H]2[C@@H]3CC[C@]45CCC(=O)[C@@H]4[C@]5(C)[C@@H]3CC[C@@]21C. The van der Waals surface area contributed by atoms with Gasteiger partial charge in [0.2, 0.25) is 0 Å². The van der Waals surface area contributed by atoms with Gasteiger partial charge < -0.3 is 0 Å². The topological polar surface area (TPSA) is 17.1 Å². The summed E-state index contributed by atoms with van der Waals surface area (Å²) in [6, 6.07) is 0. The molecule has 0 aromatic rings. The van der Waals surface area contributed by atoms with E-state index >= 15 is 0 Å². The molecule has 9 atom stereocenters. The monoisotopic (exact) mass is 384 g/mol. The number of carbonyl (C=O) groups excluding carboxylic acids is 1. The van der Waals surface area contributed by atoms with Gasteiger partial charge in [-0.25, -0.2) is 0 Å². The average Bonchev–Trinajstić information content (AvgIpc) is 2.87. The van der Waals surface area contributed by atoms with Gasteiger partial charge in [-0.05, 0) is 96.7 Å². The lowest BCUT2D eigenvalue weighted by molar-refractivity contribution is -0.121. The lowest BCUT2D eigenvalue weighted by atomic mass is 9.50. The minimum absolute atomic E-state index is 0.396. The van der Waals surface area contributed by atoms with Crippen LogP contribution < -0.4 is 0 Å². The van der Waals surface area contributed by atoms with Crippen LogP contribution in [0.5, 0.6) is 0 Å². The fourth-order valence-electron chi connectivity index (χ4n) is 10.3. The lowest BCUT2D eigenvalue weighted by Gasteiger charge is -2.55. The molecule has 5 saturated carbocycles. The highest BCUT2D eigenvalue weighted by Gasteiger charge is 2.82. The summed E-state index contributed by atoms with van der Waals surface area (Å²) in [5, 5.41) is 0. The summed E-state index contributed by atoms with van der Waals surface area (Å²) >= 11 is 0. The van der Waals surface area contributed by atoms with Crippen molar-refractivity contribution in [3.63, 3.8) is 0 Å². The summed E-state index contributed by atoms with van der Waals surface area (Å²) in [4.78, 5) is 12.6. The Morgan fingerprint density at radius 1 is 0.929 bits per heavy atom. The molecule has 5 aliphatic carbocycles. The largest absolute Gasteiger partial charge is 0.299 e. The molecule has 0 amide bonds. The molecule has 0 aromatic carbocycles. The molecule has 0 radical (unpaired) electrons. The van der Waals surface area contributed by atoms with Crippen LogP contribution in [0.3, 0.4) is 0 Å². The van der Waals surface area contributed by atoms with Crippen molar-refractivity contribution in [1.29, 1.82) is 0 Å². The van der Waals surface area contributed by atoms with E-state index in [1.54, 1.807) is 0 Å². The third-order valence-electron chi connectivity index (χ3n) is 11.6. The number of hydrogen-bond donors (Lipinski definition) is 0. The Kier molecular flexibility index (Phi) is 4.44. The molecule has 5 rings (SSSR count). The molecular formula is C27H44O. The Morgan fingerprint density at radius 3 is 2.46 bits per heavy atom. The molecule has 0 bridgehead atoms. The van der Waals surface area contributed by atoms with E-state index in [1.807, 2.05) is 0 Å². The predicted molar refractivity (Wildman–Crippen MR) is 116 cm³/mol. The molecule has 0 saturated heterocycles. The molecule has 1 spiro atoms. The normalized spacial score (nSPS) is 52.8. The maximum atomic E-state index is 12.6. The van der Waals surface area contributed by atoms with E-state index < -0.39 is 0 Å². The fourth-order valence-corrected chi connectivity index (χ4v) is 10.3. The Bertz CT molecular complexity index is 651. The maximum absolute atomic E-state index is 12.6. The minimum Gasteiger partial charge on any atom is -0.299 e. The van der Waals surface area contributed by atoms with E-state index in [2.05, 4.69) is 34.6 Å². The van der Waals surface area contributed by atoms with Crippen LogP contribution in [0.4, 0.5) is 0 Å². The van der Waals surface area contributed by atoms with Gasteiger partial charge in [-0.15, -0.1) is 0 Å². The van der Waals surface area contributed by atoms with Crippen LogP contribution in [0, 0.1) is 57.7 Å². The standard InChI is InChI=1S/C27H44O/c1-17(2)7-6-8-18(3)20-9-10-21-19-11-15-27-16-13-23(28)24(27)26(27,5)22(19)12-14-25(20,21)4/h17-22,24H,6-16H2,1-5H3/t18-,19+,20-,21-,22-,24-,25-,26+,27+/m1/s1. The summed E-state index contributed by atoms with van der Waals surface area (Å²) in [6.07, 6.45) is 15.1. The highest BCUT2D eigenvalue weighted by molar-refractivity contribution is 5.90. The van der Waals surface area contributed by atoms with E-state index in [4.69, 9.17) is 0 Å². The van der Waals surface area contributed by atoms with Crippen molar-refractivity contribution in [2.75, 3.05) is 0 Å². The van der Waals surface area contributed by atoms with Gasteiger partial charge in [0, 0.05) is 12.3 Å². The van der Waals surface area contributed by atoms with Crippen LogP contribution in [0.2, 0.25) is 0 Å². The van der Waals surface area contributed by atoms with Crippen LogP contribution in [0.1, 0.15) is 105 Å². The lowest BCUT2D eigenvalue weighted by Crippen LogP contribution is -2.48. The Morgan fingerprint density at radius 2 is 1.71 bits per heavy atom. The molecule has 0 aliphatic heterocycles. The van der Waals surface area contributed by atoms with Crippen molar-refractivity contribution in [1.82, 2.24) is 0 Å². The van der Waals surface area contributed by atoms with E-state index in [-0.39, 0.29) is 0 Å². The number of rotatable bonds is 5. The zero-order valence-electron chi connectivity index (χ0n) is 19.2. The summed E-state index contributed by atoms with van der Waals surface area (Å²) in [5.41, 5.74) is 1.45. The molecular weight excluding hydrogens is 340 g/mol. The maximum Gasteiger partial charge on any atom is 0.137 e. The van der Waals surface area contributed by atoms with Crippen LogP contribution in [-0.2, 0) is 4.79 Å². The van der Waals surface area contributed by atoms with Gasteiger partial charge in [0.05, 0.1) is 0 Å². The average molecular weight is 385 g/mol. The van der Waals surface area contributed by atoms with Gasteiger partial charge in [0.25, 0.3) is 0 Å². The third kappa shape index (κ3) is 2.34. The van der Waals surface area contributed by atoms with Gasteiger partial charge in [-0.3, -0.25) is 4.79 Å².